The van der Waals surface area contributed by atoms with Gasteiger partial charge in [-0.25, -0.2) is 4.79 Å². The Labute approximate surface area is 140 Å². The number of amides is 1. The van der Waals surface area contributed by atoms with Gasteiger partial charge >= 0.3 is 6.09 Å². The summed E-state index contributed by atoms with van der Waals surface area (Å²) in [5.41, 5.74) is 5.85. The highest BCUT2D eigenvalue weighted by Gasteiger charge is 2.40. The lowest BCUT2D eigenvalue weighted by Gasteiger charge is -2.51. The van der Waals surface area contributed by atoms with Gasteiger partial charge in [0.25, 0.3) is 0 Å². The summed E-state index contributed by atoms with van der Waals surface area (Å²) in [5.74, 6) is 0. The van der Waals surface area contributed by atoms with Gasteiger partial charge in [0.1, 0.15) is 5.60 Å². The molecule has 0 radical (unpaired) electrons. The van der Waals surface area contributed by atoms with E-state index in [4.69, 9.17) is 10.5 Å². The molecular formula is C17H34N4O2. The van der Waals surface area contributed by atoms with Crippen molar-refractivity contribution in [1.29, 1.82) is 0 Å². The van der Waals surface area contributed by atoms with E-state index in [9.17, 15) is 4.79 Å². The molecule has 0 aliphatic carbocycles. The lowest BCUT2D eigenvalue weighted by Crippen LogP contribution is -2.64. The molecule has 2 heterocycles. The second kappa shape index (κ2) is 7.36. The number of hydrogen-bond acceptors (Lipinski definition) is 5. The monoisotopic (exact) mass is 326 g/mol. The predicted molar refractivity (Wildman–Crippen MR) is 92.5 cm³/mol. The second-order valence-corrected chi connectivity index (χ2v) is 7.82. The van der Waals surface area contributed by atoms with Crippen LogP contribution in [0.15, 0.2) is 0 Å². The molecule has 0 aromatic carbocycles. The third-order valence-electron chi connectivity index (χ3n) is 5.22. The van der Waals surface area contributed by atoms with Gasteiger partial charge in [-0.1, -0.05) is 6.92 Å². The Bertz CT molecular complexity index is 392. The minimum Gasteiger partial charge on any atom is -0.444 e. The topological polar surface area (TPSA) is 62.0 Å². The zero-order valence-corrected chi connectivity index (χ0v) is 15.3. The van der Waals surface area contributed by atoms with Crippen LogP contribution in [0.25, 0.3) is 0 Å². The molecule has 2 aliphatic rings. The van der Waals surface area contributed by atoms with Crippen LogP contribution in [0.2, 0.25) is 0 Å². The molecule has 6 heteroatoms. The van der Waals surface area contributed by atoms with Crippen molar-refractivity contribution < 1.29 is 9.53 Å². The SMILES string of the molecule is CCN1CCC(CN)(N2CCN(C(=O)OC(C)(C)C)CC2)CC1. The third kappa shape index (κ3) is 4.58. The highest BCUT2D eigenvalue weighted by Crippen LogP contribution is 2.29. The summed E-state index contributed by atoms with van der Waals surface area (Å²) < 4.78 is 5.48. The molecule has 0 spiro atoms. The minimum absolute atomic E-state index is 0.117. The predicted octanol–water partition coefficient (Wildman–Crippen LogP) is 1.35. The van der Waals surface area contributed by atoms with Crippen molar-refractivity contribution in [2.45, 2.75) is 51.7 Å². The van der Waals surface area contributed by atoms with Gasteiger partial charge in [-0.05, 0) is 53.2 Å². The number of carbonyl (C=O) groups excluding carboxylic acids is 1. The van der Waals surface area contributed by atoms with Crippen molar-refractivity contribution in [2.75, 3.05) is 52.4 Å². The van der Waals surface area contributed by atoms with Crippen LogP contribution >= 0.6 is 0 Å². The van der Waals surface area contributed by atoms with Crippen LogP contribution in [-0.4, -0.2) is 84.3 Å². The summed E-state index contributed by atoms with van der Waals surface area (Å²) in [7, 11) is 0. The summed E-state index contributed by atoms with van der Waals surface area (Å²) in [6, 6.07) is 0. The van der Waals surface area contributed by atoms with Gasteiger partial charge in [0.05, 0.1) is 0 Å². The summed E-state index contributed by atoms with van der Waals surface area (Å²) in [6.07, 6.45) is 2.06. The maximum absolute atomic E-state index is 12.2. The fraction of sp³-hybridized carbons (Fsp3) is 0.941. The molecule has 0 bridgehead atoms. The zero-order valence-electron chi connectivity index (χ0n) is 15.3. The largest absolute Gasteiger partial charge is 0.444 e. The normalized spacial score (nSPS) is 23.8. The molecule has 0 saturated carbocycles. The Morgan fingerprint density at radius 3 is 2.09 bits per heavy atom. The summed E-state index contributed by atoms with van der Waals surface area (Å²) in [4.78, 5) is 19.0. The Hall–Kier alpha value is -0.850. The smallest absolute Gasteiger partial charge is 0.410 e. The van der Waals surface area contributed by atoms with Crippen LogP contribution in [-0.2, 0) is 4.74 Å². The zero-order chi connectivity index (χ0) is 17.1. The number of nitrogens with two attached hydrogens (primary N) is 1. The van der Waals surface area contributed by atoms with Crippen molar-refractivity contribution in [2.24, 2.45) is 5.73 Å². The fourth-order valence-electron chi connectivity index (χ4n) is 3.62. The highest BCUT2D eigenvalue weighted by molar-refractivity contribution is 5.68. The summed E-state index contributed by atoms with van der Waals surface area (Å²) in [6.45, 7) is 15.3. The van der Waals surface area contributed by atoms with E-state index in [1.807, 2.05) is 25.7 Å². The van der Waals surface area contributed by atoms with E-state index >= 15 is 0 Å². The minimum atomic E-state index is -0.431. The van der Waals surface area contributed by atoms with Crippen molar-refractivity contribution in [3.8, 4) is 0 Å². The fourth-order valence-corrected chi connectivity index (χ4v) is 3.62. The number of piperazine rings is 1. The van der Waals surface area contributed by atoms with Crippen molar-refractivity contribution >= 4 is 6.09 Å². The molecule has 2 aliphatic heterocycles. The average molecular weight is 326 g/mol. The first-order valence-electron chi connectivity index (χ1n) is 8.95. The maximum Gasteiger partial charge on any atom is 0.410 e. The van der Waals surface area contributed by atoms with Crippen LogP contribution in [0, 0.1) is 0 Å². The van der Waals surface area contributed by atoms with Crippen molar-refractivity contribution in [1.82, 2.24) is 14.7 Å². The molecule has 23 heavy (non-hydrogen) atoms. The van der Waals surface area contributed by atoms with E-state index in [-0.39, 0.29) is 11.6 Å². The quantitative estimate of drug-likeness (QED) is 0.848. The molecule has 0 unspecified atom stereocenters. The molecule has 1 amide bonds. The molecular weight excluding hydrogens is 292 g/mol. The van der Waals surface area contributed by atoms with E-state index in [0.717, 1.165) is 58.7 Å². The van der Waals surface area contributed by atoms with Crippen LogP contribution in [0.3, 0.4) is 0 Å². The molecule has 134 valence electrons. The standard InChI is InChI=1S/C17H34N4O2/c1-5-19-8-6-17(14-18,7-9-19)21-12-10-20(11-13-21)15(22)23-16(2,3)4/h5-14,18H2,1-4H3. The van der Waals surface area contributed by atoms with Crippen LogP contribution in [0.4, 0.5) is 4.79 Å². The Balaban J connectivity index is 1.89. The molecule has 2 saturated heterocycles. The first-order chi connectivity index (χ1) is 10.8. The number of ether oxygens (including phenoxy) is 1. The third-order valence-corrected chi connectivity index (χ3v) is 5.22. The molecule has 0 aromatic rings. The van der Waals surface area contributed by atoms with Gasteiger partial charge in [-0.2, -0.15) is 0 Å². The van der Waals surface area contributed by atoms with Crippen LogP contribution in [0.5, 0.6) is 0 Å². The van der Waals surface area contributed by atoms with Crippen molar-refractivity contribution in [3.05, 3.63) is 0 Å². The van der Waals surface area contributed by atoms with E-state index in [0.29, 0.717) is 6.54 Å². The molecule has 6 nitrogen and oxygen atoms in total. The number of rotatable bonds is 3. The highest BCUT2D eigenvalue weighted by atomic mass is 16.6. The van der Waals surface area contributed by atoms with Gasteiger partial charge in [0.15, 0.2) is 0 Å². The first-order valence-corrected chi connectivity index (χ1v) is 8.95. The van der Waals surface area contributed by atoms with Gasteiger partial charge in [0.2, 0.25) is 0 Å². The van der Waals surface area contributed by atoms with Crippen LogP contribution < -0.4 is 5.73 Å². The molecule has 2 N–H and O–H groups in total. The van der Waals surface area contributed by atoms with E-state index in [1.165, 1.54) is 0 Å². The number of piperidine rings is 1. The van der Waals surface area contributed by atoms with Crippen LogP contribution in [0.1, 0.15) is 40.5 Å². The lowest BCUT2D eigenvalue weighted by molar-refractivity contribution is -0.0196. The lowest BCUT2D eigenvalue weighted by atomic mass is 9.85. The molecule has 0 atom stereocenters. The van der Waals surface area contributed by atoms with Gasteiger partial charge in [-0.15, -0.1) is 0 Å². The number of likely N-dealkylation sites (tertiary alicyclic amines) is 1. The van der Waals surface area contributed by atoms with E-state index < -0.39 is 5.60 Å². The maximum atomic E-state index is 12.2. The van der Waals surface area contributed by atoms with E-state index in [1.54, 1.807) is 0 Å². The summed E-state index contributed by atoms with van der Waals surface area (Å²) in [5, 5.41) is 0. The first kappa shape index (κ1) is 18.5. The number of carbonyl (C=O) groups is 1. The van der Waals surface area contributed by atoms with Crippen molar-refractivity contribution in [3.63, 3.8) is 0 Å². The van der Waals surface area contributed by atoms with Gasteiger partial charge in [0, 0.05) is 38.3 Å². The molecule has 2 fully saturated rings. The molecule has 2 rings (SSSR count). The van der Waals surface area contributed by atoms with E-state index in [2.05, 4.69) is 16.7 Å². The Kier molecular flexibility index (Phi) is 5.92. The second-order valence-electron chi connectivity index (χ2n) is 7.82. The van der Waals surface area contributed by atoms with Gasteiger partial charge < -0.3 is 20.3 Å². The Morgan fingerprint density at radius 1 is 1.09 bits per heavy atom. The average Bonchev–Trinajstić information content (AvgIpc) is 2.53. The van der Waals surface area contributed by atoms with Gasteiger partial charge in [-0.3, -0.25) is 4.90 Å². The number of hydrogen-bond donors (Lipinski definition) is 1. The molecule has 0 aromatic heterocycles. The summed E-state index contributed by atoms with van der Waals surface area (Å²) >= 11 is 0. The number of nitrogens with zero attached hydrogens (tertiary/aromatic N) is 3. The Morgan fingerprint density at radius 2 is 1.65 bits per heavy atom.